The van der Waals surface area contributed by atoms with E-state index in [0.717, 1.165) is 19.1 Å². The van der Waals surface area contributed by atoms with Crippen LogP contribution < -0.4 is 10.4 Å². The zero-order valence-corrected chi connectivity index (χ0v) is 14.0. The number of benzene rings is 2. The van der Waals surface area contributed by atoms with Crippen LogP contribution in [0, 0.1) is 5.92 Å². The SMILES string of the molecule is CN1C[C@H]2[C@@H](O)C[Si](c3ccccc3)(c3ccccc3)[C@H]2C1. The van der Waals surface area contributed by atoms with Gasteiger partial charge >= 0.3 is 0 Å². The van der Waals surface area contributed by atoms with E-state index in [1.54, 1.807) is 0 Å². The summed E-state index contributed by atoms with van der Waals surface area (Å²) in [4.78, 5) is 2.41. The van der Waals surface area contributed by atoms with Crippen LogP contribution in [0.2, 0.25) is 11.6 Å². The molecule has 0 aliphatic carbocycles. The molecule has 2 aromatic rings. The lowest BCUT2D eigenvalue weighted by atomic mass is 10.0. The van der Waals surface area contributed by atoms with Crippen molar-refractivity contribution in [3.05, 3.63) is 60.7 Å². The van der Waals surface area contributed by atoms with Crippen molar-refractivity contribution in [1.29, 1.82) is 0 Å². The molecule has 1 N–H and O–H groups in total. The summed E-state index contributed by atoms with van der Waals surface area (Å²) in [6, 6.07) is 23.0. The van der Waals surface area contributed by atoms with Crippen LogP contribution in [-0.4, -0.2) is 44.3 Å². The zero-order valence-electron chi connectivity index (χ0n) is 13.0. The van der Waals surface area contributed by atoms with Gasteiger partial charge in [-0.15, -0.1) is 0 Å². The third-order valence-electron chi connectivity index (χ3n) is 5.78. The number of aliphatic hydroxyl groups is 1. The van der Waals surface area contributed by atoms with Crippen molar-refractivity contribution in [2.75, 3.05) is 20.1 Å². The molecule has 2 fully saturated rings. The Morgan fingerprint density at radius 1 is 0.909 bits per heavy atom. The van der Waals surface area contributed by atoms with E-state index in [1.165, 1.54) is 10.4 Å². The van der Waals surface area contributed by atoms with Gasteiger partial charge in [-0.2, -0.15) is 0 Å². The molecule has 3 atom stereocenters. The van der Waals surface area contributed by atoms with Gasteiger partial charge < -0.3 is 10.0 Å². The number of likely N-dealkylation sites (tertiary alicyclic amines) is 1. The summed E-state index contributed by atoms with van der Waals surface area (Å²) in [5, 5.41) is 13.8. The average molecular weight is 309 g/mol. The Bertz CT molecular complexity index is 605. The molecular weight excluding hydrogens is 286 g/mol. The molecule has 2 aliphatic rings. The maximum absolute atomic E-state index is 10.8. The van der Waals surface area contributed by atoms with E-state index in [9.17, 15) is 5.11 Å². The number of hydrogen-bond acceptors (Lipinski definition) is 2. The molecule has 2 saturated heterocycles. The van der Waals surface area contributed by atoms with Crippen LogP contribution in [-0.2, 0) is 0 Å². The quantitative estimate of drug-likeness (QED) is 0.851. The molecule has 0 bridgehead atoms. The van der Waals surface area contributed by atoms with Gasteiger partial charge in [0.15, 0.2) is 0 Å². The second-order valence-electron chi connectivity index (χ2n) is 6.97. The normalized spacial score (nSPS) is 30.4. The lowest BCUT2D eigenvalue weighted by Crippen LogP contribution is -2.60. The third kappa shape index (κ3) is 2.00. The number of aliphatic hydroxyl groups excluding tert-OH is 1. The maximum atomic E-state index is 10.8. The summed E-state index contributed by atoms with van der Waals surface area (Å²) in [5.41, 5.74) is 0.622. The Labute approximate surface area is 133 Å². The molecule has 0 saturated carbocycles. The Balaban J connectivity index is 1.91. The van der Waals surface area contributed by atoms with Gasteiger partial charge in [-0.05, 0) is 31.1 Å². The first-order valence-electron chi connectivity index (χ1n) is 8.19. The molecule has 0 unspecified atom stereocenters. The summed E-state index contributed by atoms with van der Waals surface area (Å²) in [6.45, 7) is 2.16. The highest BCUT2D eigenvalue weighted by Gasteiger charge is 2.59. The van der Waals surface area contributed by atoms with Gasteiger partial charge in [0.2, 0.25) is 0 Å². The van der Waals surface area contributed by atoms with E-state index in [-0.39, 0.29) is 6.10 Å². The number of hydrogen-bond donors (Lipinski definition) is 1. The molecule has 0 radical (unpaired) electrons. The fourth-order valence-corrected chi connectivity index (χ4v) is 11.1. The molecule has 0 amide bonds. The fourth-order valence-electron chi connectivity index (χ4n) is 4.88. The minimum absolute atomic E-state index is 0.151. The molecule has 0 spiro atoms. The van der Waals surface area contributed by atoms with Crippen molar-refractivity contribution in [2.45, 2.75) is 17.7 Å². The van der Waals surface area contributed by atoms with E-state index < -0.39 is 8.07 Å². The van der Waals surface area contributed by atoms with Crippen LogP contribution in [0.25, 0.3) is 0 Å². The predicted molar refractivity (Wildman–Crippen MR) is 93.5 cm³/mol. The lowest BCUT2D eigenvalue weighted by molar-refractivity contribution is 0.141. The monoisotopic (exact) mass is 309 g/mol. The summed E-state index contributed by atoms with van der Waals surface area (Å²) in [7, 11) is 0.284. The van der Waals surface area contributed by atoms with Crippen molar-refractivity contribution in [3.8, 4) is 0 Å². The van der Waals surface area contributed by atoms with Crippen LogP contribution in [0.15, 0.2) is 60.7 Å². The Kier molecular flexibility index (Phi) is 3.44. The highest BCUT2D eigenvalue weighted by atomic mass is 28.3. The van der Waals surface area contributed by atoms with Gasteiger partial charge in [0.25, 0.3) is 0 Å². The fraction of sp³-hybridized carbons (Fsp3) is 0.368. The average Bonchev–Trinajstić information content (AvgIpc) is 3.07. The van der Waals surface area contributed by atoms with E-state index in [2.05, 4.69) is 72.6 Å². The van der Waals surface area contributed by atoms with Crippen molar-refractivity contribution in [3.63, 3.8) is 0 Å². The van der Waals surface area contributed by atoms with Crippen molar-refractivity contribution < 1.29 is 5.11 Å². The first kappa shape index (κ1) is 14.2. The topological polar surface area (TPSA) is 23.5 Å². The number of fused-ring (bicyclic) bond motifs is 1. The van der Waals surface area contributed by atoms with Crippen LogP contribution >= 0.6 is 0 Å². The van der Waals surface area contributed by atoms with E-state index in [4.69, 9.17) is 0 Å². The van der Waals surface area contributed by atoms with Gasteiger partial charge in [-0.3, -0.25) is 0 Å². The van der Waals surface area contributed by atoms with Crippen LogP contribution in [0.1, 0.15) is 0 Å². The van der Waals surface area contributed by atoms with Gasteiger partial charge in [0.05, 0.1) is 6.10 Å². The minimum Gasteiger partial charge on any atom is -0.393 e. The largest absolute Gasteiger partial charge is 0.393 e. The van der Waals surface area contributed by atoms with Crippen molar-refractivity contribution in [2.24, 2.45) is 5.92 Å². The molecule has 2 nitrogen and oxygen atoms in total. The lowest BCUT2D eigenvalue weighted by Gasteiger charge is -2.34. The van der Waals surface area contributed by atoms with Gasteiger partial charge in [0, 0.05) is 6.54 Å². The molecule has 114 valence electrons. The van der Waals surface area contributed by atoms with Crippen molar-refractivity contribution >= 4 is 18.4 Å². The molecule has 0 aromatic heterocycles. The molecule has 22 heavy (non-hydrogen) atoms. The van der Waals surface area contributed by atoms with Gasteiger partial charge in [0.1, 0.15) is 8.07 Å². The van der Waals surface area contributed by atoms with E-state index >= 15 is 0 Å². The number of nitrogens with zero attached hydrogens (tertiary/aromatic N) is 1. The summed E-state index contributed by atoms with van der Waals surface area (Å²) in [5.74, 6) is 0.442. The Hall–Kier alpha value is -1.42. The van der Waals surface area contributed by atoms with Crippen molar-refractivity contribution in [1.82, 2.24) is 4.90 Å². The highest BCUT2D eigenvalue weighted by Crippen LogP contribution is 2.48. The first-order valence-corrected chi connectivity index (χ1v) is 10.5. The molecule has 4 rings (SSSR count). The third-order valence-corrected chi connectivity index (χ3v) is 11.4. The number of rotatable bonds is 2. The van der Waals surface area contributed by atoms with Gasteiger partial charge in [-0.25, -0.2) is 0 Å². The van der Waals surface area contributed by atoms with Crippen LogP contribution in [0.3, 0.4) is 0 Å². The predicted octanol–water partition coefficient (Wildman–Crippen LogP) is 1.56. The summed E-state index contributed by atoms with van der Waals surface area (Å²) < 4.78 is 0. The molecule has 2 heterocycles. The highest BCUT2D eigenvalue weighted by molar-refractivity contribution is 7.04. The second kappa shape index (κ2) is 5.34. The van der Waals surface area contributed by atoms with E-state index in [0.29, 0.717) is 11.5 Å². The standard InChI is InChI=1S/C19H23NOSi/c1-20-12-17-18(21)14-22(19(17)13-20,15-8-4-2-5-9-15)16-10-6-3-7-11-16/h2-11,17-19,21H,12-14H2,1H3/t17-,18-,19-/m0/s1. The van der Waals surface area contributed by atoms with Gasteiger partial charge in [-0.1, -0.05) is 71.0 Å². The summed E-state index contributed by atoms with van der Waals surface area (Å²) >= 11 is 0. The zero-order chi connectivity index (χ0) is 15.2. The molecule has 2 aromatic carbocycles. The molecular formula is C19H23NOSi. The first-order chi connectivity index (χ1) is 10.7. The van der Waals surface area contributed by atoms with E-state index in [1.807, 2.05) is 0 Å². The summed E-state index contributed by atoms with van der Waals surface area (Å²) in [6.07, 6.45) is -0.151. The Morgan fingerprint density at radius 3 is 2.00 bits per heavy atom. The van der Waals surface area contributed by atoms with Crippen LogP contribution in [0.5, 0.6) is 0 Å². The Morgan fingerprint density at radius 2 is 1.45 bits per heavy atom. The second-order valence-corrected chi connectivity index (χ2v) is 11.2. The molecule has 2 aliphatic heterocycles. The maximum Gasteiger partial charge on any atom is 0.125 e. The van der Waals surface area contributed by atoms with Crippen LogP contribution in [0.4, 0.5) is 0 Å². The smallest absolute Gasteiger partial charge is 0.125 e. The minimum atomic E-state index is -1.91. The molecule has 3 heteroatoms.